The average Bonchev–Trinajstić information content (AvgIpc) is 3.17. The molecule has 2 N–H and O–H groups in total. The number of hydrogen-bond acceptors (Lipinski definition) is 4. The average molecular weight is 819 g/mol. The van der Waals surface area contributed by atoms with Crippen LogP contribution in [-0.4, -0.2) is 21.4 Å². The number of allylic oxidation sites excluding steroid dienone is 12. The van der Waals surface area contributed by atoms with Crippen molar-refractivity contribution >= 4 is 0 Å². The Kier molecular flexibility index (Phi) is 17.7. The van der Waals surface area contributed by atoms with E-state index in [-0.39, 0.29) is 22.7 Å². The van der Waals surface area contributed by atoms with Crippen molar-refractivity contribution in [2.24, 2.45) is 0 Å². The second-order valence-corrected chi connectivity index (χ2v) is 19.7. The zero-order valence-corrected chi connectivity index (χ0v) is 40.5. The maximum Gasteiger partial charge on any atom is 0.127 e. The van der Waals surface area contributed by atoms with Crippen molar-refractivity contribution in [1.82, 2.24) is 0 Å². The van der Waals surface area contributed by atoms with Crippen LogP contribution in [0.3, 0.4) is 0 Å². The molecule has 2 atom stereocenters. The monoisotopic (exact) mass is 819 g/mol. The Balaban J connectivity index is 1.50. The molecule has 4 rings (SSSR count). The molecule has 0 unspecified atom stereocenters. The van der Waals surface area contributed by atoms with Gasteiger partial charge in [-0.25, -0.2) is 0 Å². The van der Waals surface area contributed by atoms with E-state index in [0.717, 1.165) is 159 Å². The molecule has 2 aliphatic heterocycles. The molecule has 0 fully saturated rings. The second-order valence-electron chi connectivity index (χ2n) is 19.7. The van der Waals surface area contributed by atoms with Crippen LogP contribution in [0, 0.1) is 27.7 Å². The van der Waals surface area contributed by atoms with E-state index in [1.165, 1.54) is 33.4 Å². The molecule has 2 aliphatic rings. The maximum atomic E-state index is 12.0. The van der Waals surface area contributed by atoms with Crippen molar-refractivity contribution < 1.29 is 19.7 Å². The van der Waals surface area contributed by atoms with Gasteiger partial charge < -0.3 is 19.7 Å². The molecule has 60 heavy (non-hydrogen) atoms. The number of ether oxygens (including phenoxy) is 2. The Morgan fingerprint density at radius 2 is 0.767 bits per heavy atom. The predicted octanol–water partition coefficient (Wildman–Crippen LogP) is 16.6. The number of fused-ring (bicyclic) bond motifs is 2. The fourth-order valence-electron chi connectivity index (χ4n) is 8.98. The Hall–Kier alpha value is -3.92. The molecule has 0 amide bonds. The highest BCUT2D eigenvalue weighted by molar-refractivity contribution is 5.88. The smallest absolute Gasteiger partial charge is 0.127 e. The number of aromatic hydroxyl groups is 2. The van der Waals surface area contributed by atoms with Gasteiger partial charge in [0.1, 0.15) is 34.2 Å². The molecular weight excluding hydrogens is 737 g/mol. The minimum absolute atomic E-state index is 0.242. The van der Waals surface area contributed by atoms with Crippen LogP contribution in [0.1, 0.15) is 193 Å². The van der Waals surface area contributed by atoms with E-state index in [1.807, 2.05) is 13.8 Å². The molecule has 0 bridgehead atoms. The van der Waals surface area contributed by atoms with Crippen LogP contribution in [0.15, 0.2) is 69.9 Å². The standard InChI is InChI=1S/C56H82O4/c1-37(2)21-15-23-39(5)25-17-27-41(7)29-19-33-55(13)35-31-47-49(51(57)43(9)45(11)53(47)59-55)50-48-32-36-56(14,60-54(48)46(12)44(10)52(50)58)34-20-30-42(8)28-18-26-40(6)24-16-22-38(3)4/h21-22,25-26,29-30,57-58H,15-20,23-24,27-28,31-36H2,1-14H3/b39-25+,40-26+,41-29+,42-30+/t55-,56-/m1/s1. The Morgan fingerprint density at radius 3 is 1.08 bits per heavy atom. The van der Waals surface area contributed by atoms with Gasteiger partial charge >= 0.3 is 0 Å². The number of phenols is 2. The van der Waals surface area contributed by atoms with Crippen LogP contribution < -0.4 is 9.47 Å². The van der Waals surface area contributed by atoms with Gasteiger partial charge in [-0.05, 0) is 222 Å². The highest BCUT2D eigenvalue weighted by Gasteiger charge is 2.39. The summed E-state index contributed by atoms with van der Waals surface area (Å²) in [4.78, 5) is 0. The first-order chi connectivity index (χ1) is 28.3. The van der Waals surface area contributed by atoms with Gasteiger partial charge in [0, 0.05) is 22.3 Å². The molecule has 0 aromatic heterocycles. The largest absolute Gasteiger partial charge is 0.507 e. The predicted molar refractivity (Wildman–Crippen MR) is 258 cm³/mol. The third kappa shape index (κ3) is 13.0. The lowest BCUT2D eigenvalue weighted by molar-refractivity contribution is 0.0553. The summed E-state index contributed by atoms with van der Waals surface area (Å²) >= 11 is 0. The van der Waals surface area contributed by atoms with Crippen molar-refractivity contribution in [3.8, 4) is 34.1 Å². The van der Waals surface area contributed by atoms with Gasteiger partial charge in [-0.1, -0.05) is 69.9 Å². The minimum Gasteiger partial charge on any atom is -0.507 e. The molecule has 2 aromatic rings. The van der Waals surface area contributed by atoms with Crippen LogP contribution in [0.4, 0.5) is 0 Å². The van der Waals surface area contributed by atoms with Crippen molar-refractivity contribution in [3.05, 3.63) is 103 Å². The summed E-state index contributed by atoms with van der Waals surface area (Å²) in [5.74, 6) is 2.22. The third-order valence-corrected chi connectivity index (χ3v) is 13.5. The molecule has 0 saturated heterocycles. The Bertz CT molecular complexity index is 1880. The first kappa shape index (κ1) is 48.7. The summed E-state index contributed by atoms with van der Waals surface area (Å²) in [5.41, 5.74) is 15.0. The van der Waals surface area contributed by atoms with Gasteiger partial charge in [0.05, 0.1) is 0 Å². The molecule has 2 heterocycles. The second kappa shape index (κ2) is 21.7. The van der Waals surface area contributed by atoms with Crippen LogP contribution in [-0.2, 0) is 12.8 Å². The van der Waals surface area contributed by atoms with Gasteiger partial charge in [-0.15, -0.1) is 0 Å². The van der Waals surface area contributed by atoms with Gasteiger partial charge in [-0.2, -0.15) is 0 Å². The highest BCUT2D eigenvalue weighted by atomic mass is 16.5. The lowest BCUT2D eigenvalue weighted by atomic mass is 9.78. The maximum absolute atomic E-state index is 12.0. The summed E-state index contributed by atoms with van der Waals surface area (Å²) in [7, 11) is 0. The quantitative estimate of drug-likeness (QED) is 0.139. The zero-order chi connectivity index (χ0) is 44.4. The van der Waals surface area contributed by atoms with Crippen molar-refractivity contribution in [1.29, 1.82) is 0 Å². The van der Waals surface area contributed by atoms with E-state index >= 15 is 0 Å². The molecule has 0 saturated carbocycles. The fraction of sp³-hybridized carbons (Fsp3) is 0.571. The lowest BCUT2D eigenvalue weighted by Crippen LogP contribution is -2.37. The van der Waals surface area contributed by atoms with E-state index in [9.17, 15) is 10.2 Å². The van der Waals surface area contributed by atoms with E-state index < -0.39 is 0 Å². The van der Waals surface area contributed by atoms with Crippen LogP contribution in [0.25, 0.3) is 11.1 Å². The summed E-state index contributed by atoms with van der Waals surface area (Å²) in [6.45, 7) is 30.2. The summed E-state index contributed by atoms with van der Waals surface area (Å²) in [5, 5.41) is 23.9. The normalized spacial score (nSPS) is 19.6. The van der Waals surface area contributed by atoms with E-state index in [4.69, 9.17) is 9.47 Å². The molecular formula is C56H82O4. The summed E-state index contributed by atoms with van der Waals surface area (Å²) in [6.07, 6.45) is 30.1. The lowest BCUT2D eigenvalue weighted by Gasteiger charge is -2.40. The SMILES string of the molecule is CC(C)=CCC/C(C)=C/CC/C(C)=C/CC[C@]1(C)CCc2c(c(C)c(C)c(O)c2-c2c(O)c(C)c(C)c3c2CC[C@@](C)(CC/C=C(\C)CC/C=C(\C)CCC=C(C)C)O3)O1. The van der Waals surface area contributed by atoms with Crippen molar-refractivity contribution in [2.45, 2.75) is 211 Å². The molecule has 0 spiro atoms. The van der Waals surface area contributed by atoms with Gasteiger partial charge in [0.2, 0.25) is 0 Å². The molecule has 330 valence electrons. The van der Waals surface area contributed by atoms with Crippen LogP contribution in [0.5, 0.6) is 23.0 Å². The first-order valence-electron chi connectivity index (χ1n) is 23.2. The fourth-order valence-corrected chi connectivity index (χ4v) is 8.98. The summed E-state index contributed by atoms with van der Waals surface area (Å²) < 4.78 is 14.0. The minimum atomic E-state index is -0.319. The van der Waals surface area contributed by atoms with Gasteiger partial charge in [0.15, 0.2) is 0 Å². The van der Waals surface area contributed by atoms with Crippen LogP contribution >= 0.6 is 0 Å². The Morgan fingerprint density at radius 1 is 0.467 bits per heavy atom. The van der Waals surface area contributed by atoms with Crippen LogP contribution in [0.2, 0.25) is 0 Å². The summed E-state index contributed by atoms with van der Waals surface area (Å²) in [6, 6.07) is 0. The molecule has 4 nitrogen and oxygen atoms in total. The number of phenolic OH excluding ortho intramolecular Hbond substituents is 2. The molecule has 4 heteroatoms. The van der Waals surface area contributed by atoms with Gasteiger partial charge in [-0.3, -0.25) is 0 Å². The van der Waals surface area contributed by atoms with E-state index in [2.05, 4.69) is 120 Å². The first-order valence-corrected chi connectivity index (χ1v) is 23.2. The number of benzene rings is 2. The number of hydrogen-bond donors (Lipinski definition) is 2. The number of rotatable bonds is 19. The van der Waals surface area contributed by atoms with Crippen molar-refractivity contribution in [2.75, 3.05) is 0 Å². The van der Waals surface area contributed by atoms with E-state index in [1.54, 1.807) is 0 Å². The highest BCUT2D eigenvalue weighted by Crippen LogP contribution is 2.55. The van der Waals surface area contributed by atoms with Crippen molar-refractivity contribution in [3.63, 3.8) is 0 Å². The Labute approximate surface area is 366 Å². The molecule has 2 aromatic carbocycles. The third-order valence-electron chi connectivity index (χ3n) is 13.5. The van der Waals surface area contributed by atoms with Gasteiger partial charge in [0.25, 0.3) is 0 Å². The topological polar surface area (TPSA) is 58.9 Å². The van der Waals surface area contributed by atoms with E-state index in [0.29, 0.717) is 0 Å². The zero-order valence-electron chi connectivity index (χ0n) is 40.5. The molecule has 0 aliphatic carbocycles. The molecule has 0 radical (unpaired) electrons.